The summed E-state index contributed by atoms with van der Waals surface area (Å²) in [6, 6.07) is 3.88. The second-order valence-electron chi connectivity index (χ2n) is 6.63. The van der Waals surface area contributed by atoms with Crippen molar-refractivity contribution in [3.8, 4) is 5.75 Å². The van der Waals surface area contributed by atoms with E-state index < -0.39 is 15.3 Å². The van der Waals surface area contributed by atoms with E-state index in [-0.39, 0.29) is 5.78 Å². The molecule has 0 aliphatic carbocycles. The molecule has 4 nitrogen and oxygen atoms in total. The van der Waals surface area contributed by atoms with Crippen LogP contribution in [0.15, 0.2) is 12.1 Å². The first-order valence-corrected chi connectivity index (χ1v) is 8.94. The van der Waals surface area contributed by atoms with E-state index in [0.717, 1.165) is 11.1 Å². The molecule has 1 aromatic carbocycles. The van der Waals surface area contributed by atoms with Crippen LogP contribution in [0.1, 0.15) is 40.7 Å². The van der Waals surface area contributed by atoms with Crippen molar-refractivity contribution < 1.29 is 14.3 Å². The number of ketones is 1. The number of halogens is 3. The van der Waals surface area contributed by atoms with Crippen molar-refractivity contribution in [3.63, 3.8) is 0 Å². The van der Waals surface area contributed by atoms with Gasteiger partial charge in [-0.15, -0.1) is 0 Å². The molecule has 130 valence electrons. The molecule has 2 aliphatic rings. The van der Waals surface area contributed by atoms with Gasteiger partial charge < -0.3 is 9.64 Å². The number of Topliss-reactive ketones (excluding diaryl/α,β-unsaturated/α-hetero) is 1. The lowest BCUT2D eigenvalue weighted by Gasteiger charge is -2.44. The van der Waals surface area contributed by atoms with Crippen molar-refractivity contribution >= 4 is 46.5 Å². The average molecular weight is 391 g/mol. The number of alkyl halides is 3. The number of rotatable bonds is 0. The molecule has 0 bridgehead atoms. The van der Waals surface area contributed by atoms with Gasteiger partial charge in [0.05, 0.1) is 12.0 Å². The van der Waals surface area contributed by atoms with Crippen LogP contribution in [0.2, 0.25) is 0 Å². The summed E-state index contributed by atoms with van der Waals surface area (Å²) in [5.74, 6) is 0.221. The highest BCUT2D eigenvalue weighted by molar-refractivity contribution is 6.76. The summed E-state index contributed by atoms with van der Waals surface area (Å²) in [7, 11) is 0. The fourth-order valence-electron chi connectivity index (χ4n) is 3.51. The van der Waals surface area contributed by atoms with Crippen LogP contribution in [0.3, 0.4) is 0 Å². The number of likely N-dealkylation sites (tertiary alicyclic amines) is 1. The van der Waals surface area contributed by atoms with Gasteiger partial charge >= 0.3 is 0 Å². The number of nitrogens with zero attached hydrogens (tertiary/aromatic N) is 1. The molecule has 2 aliphatic heterocycles. The van der Waals surface area contributed by atoms with Gasteiger partial charge in [-0.25, -0.2) is 0 Å². The maximum Gasteiger partial charge on any atom is 0.274 e. The van der Waals surface area contributed by atoms with Gasteiger partial charge in [-0.05, 0) is 31.0 Å². The average Bonchev–Trinajstić information content (AvgIpc) is 2.48. The van der Waals surface area contributed by atoms with E-state index in [9.17, 15) is 9.59 Å². The predicted molar refractivity (Wildman–Crippen MR) is 94.3 cm³/mol. The predicted octanol–water partition coefficient (Wildman–Crippen LogP) is 4.00. The van der Waals surface area contributed by atoms with Gasteiger partial charge in [-0.2, -0.15) is 0 Å². The smallest absolute Gasteiger partial charge is 0.274 e. The Morgan fingerprint density at radius 2 is 1.83 bits per heavy atom. The zero-order valence-electron chi connectivity index (χ0n) is 13.5. The van der Waals surface area contributed by atoms with Crippen molar-refractivity contribution in [2.75, 3.05) is 13.1 Å². The SMILES string of the molecule is Cc1cc(C)c2c(c1)C(=O)CC1(CCN(C(=O)C(Cl)(Cl)Cl)CC1)O2. The molecule has 2 heterocycles. The van der Waals surface area contributed by atoms with Crippen molar-refractivity contribution in [2.45, 2.75) is 42.5 Å². The van der Waals surface area contributed by atoms with Crippen LogP contribution in [0.25, 0.3) is 0 Å². The van der Waals surface area contributed by atoms with Crippen molar-refractivity contribution in [1.29, 1.82) is 0 Å². The fourth-order valence-corrected chi connectivity index (χ4v) is 3.87. The summed E-state index contributed by atoms with van der Waals surface area (Å²) >= 11 is 17.0. The summed E-state index contributed by atoms with van der Waals surface area (Å²) in [5, 5.41) is 0. The van der Waals surface area contributed by atoms with E-state index >= 15 is 0 Å². The number of benzene rings is 1. The van der Waals surface area contributed by atoms with Crippen molar-refractivity contribution in [1.82, 2.24) is 4.90 Å². The molecule has 0 atom stereocenters. The molecule has 0 radical (unpaired) electrons. The number of carbonyl (C=O) groups is 2. The normalized spacial score (nSPS) is 19.9. The monoisotopic (exact) mass is 389 g/mol. The van der Waals surface area contributed by atoms with E-state index in [1.165, 1.54) is 4.90 Å². The number of piperidine rings is 1. The third-order valence-corrected chi connectivity index (χ3v) is 5.21. The van der Waals surface area contributed by atoms with E-state index in [4.69, 9.17) is 39.5 Å². The van der Waals surface area contributed by atoms with Crippen molar-refractivity contribution in [3.05, 3.63) is 28.8 Å². The van der Waals surface area contributed by atoms with Gasteiger partial charge in [-0.1, -0.05) is 40.9 Å². The van der Waals surface area contributed by atoms with Crippen LogP contribution in [0.4, 0.5) is 0 Å². The van der Waals surface area contributed by atoms with Gasteiger partial charge in [0.15, 0.2) is 5.78 Å². The van der Waals surface area contributed by atoms with Crippen molar-refractivity contribution in [2.24, 2.45) is 0 Å². The standard InChI is InChI=1S/C17H18Cl3NO3/c1-10-7-11(2)14-12(8-10)13(22)9-16(24-14)3-5-21(6-4-16)15(23)17(18,19)20/h7-8H,3-6,9H2,1-2H3. The van der Waals surface area contributed by atoms with Gasteiger partial charge in [0.2, 0.25) is 0 Å². The summed E-state index contributed by atoms with van der Waals surface area (Å²) in [6.07, 6.45) is 1.40. The Morgan fingerprint density at radius 3 is 2.42 bits per heavy atom. The van der Waals surface area contributed by atoms with Gasteiger partial charge in [0, 0.05) is 25.9 Å². The Morgan fingerprint density at radius 1 is 1.21 bits per heavy atom. The maximum atomic E-state index is 12.6. The Kier molecular flexibility index (Phi) is 4.52. The van der Waals surface area contributed by atoms with Crippen LogP contribution >= 0.6 is 34.8 Å². The molecule has 0 saturated carbocycles. The molecule has 1 aromatic rings. The first-order chi connectivity index (χ1) is 11.1. The highest BCUT2D eigenvalue weighted by atomic mass is 35.6. The van der Waals surface area contributed by atoms with Crippen LogP contribution < -0.4 is 4.74 Å². The molecule has 1 fully saturated rings. The number of amides is 1. The number of carbonyl (C=O) groups excluding carboxylic acids is 2. The molecular formula is C17H18Cl3NO3. The third-order valence-electron chi connectivity index (χ3n) is 4.73. The lowest BCUT2D eigenvalue weighted by Crippen LogP contribution is -2.54. The number of hydrogen-bond acceptors (Lipinski definition) is 3. The Labute approximate surface area is 156 Å². The lowest BCUT2D eigenvalue weighted by atomic mass is 9.81. The molecule has 1 spiro atoms. The summed E-state index contributed by atoms with van der Waals surface area (Å²) in [4.78, 5) is 26.2. The fraction of sp³-hybridized carbons (Fsp3) is 0.529. The van der Waals surface area contributed by atoms with Gasteiger partial charge in [0.1, 0.15) is 11.4 Å². The second kappa shape index (κ2) is 6.08. The molecule has 24 heavy (non-hydrogen) atoms. The van der Waals surface area contributed by atoms with Gasteiger partial charge in [0.25, 0.3) is 9.70 Å². The first kappa shape index (κ1) is 17.8. The number of hydrogen-bond donors (Lipinski definition) is 0. The zero-order valence-corrected chi connectivity index (χ0v) is 15.8. The molecule has 0 N–H and O–H groups in total. The summed E-state index contributed by atoms with van der Waals surface area (Å²) in [6.45, 7) is 4.71. The Balaban J connectivity index is 1.80. The largest absolute Gasteiger partial charge is 0.486 e. The summed E-state index contributed by atoms with van der Waals surface area (Å²) in [5.41, 5.74) is 2.08. The molecule has 0 aromatic heterocycles. The second-order valence-corrected chi connectivity index (χ2v) is 8.91. The van der Waals surface area contributed by atoms with Crippen LogP contribution in [-0.4, -0.2) is 39.1 Å². The quantitative estimate of drug-likeness (QED) is 0.629. The maximum absolute atomic E-state index is 12.6. The minimum Gasteiger partial charge on any atom is -0.486 e. The van der Waals surface area contributed by atoms with Crippen LogP contribution in [0, 0.1) is 13.8 Å². The molecule has 1 saturated heterocycles. The van der Waals surface area contributed by atoms with E-state index in [2.05, 4.69) is 0 Å². The Hall–Kier alpha value is -0.970. The minimum absolute atomic E-state index is 0.0872. The van der Waals surface area contributed by atoms with Crippen LogP contribution in [-0.2, 0) is 4.79 Å². The highest BCUT2D eigenvalue weighted by Gasteiger charge is 2.46. The molecule has 0 unspecified atom stereocenters. The number of fused-ring (bicyclic) bond motifs is 1. The number of ether oxygens (including phenoxy) is 1. The first-order valence-electron chi connectivity index (χ1n) is 7.81. The van der Waals surface area contributed by atoms with Crippen LogP contribution in [0.5, 0.6) is 5.75 Å². The molecule has 7 heteroatoms. The van der Waals surface area contributed by atoms with E-state index in [0.29, 0.717) is 43.7 Å². The Bertz CT molecular complexity index is 704. The number of aryl methyl sites for hydroxylation is 2. The lowest BCUT2D eigenvalue weighted by molar-refractivity contribution is -0.133. The summed E-state index contributed by atoms with van der Waals surface area (Å²) < 4.78 is 4.32. The minimum atomic E-state index is -1.95. The molecular weight excluding hydrogens is 373 g/mol. The molecule has 1 amide bonds. The molecule has 3 rings (SSSR count). The highest BCUT2D eigenvalue weighted by Crippen LogP contribution is 2.42. The van der Waals surface area contributed by atoms with E-state index in [1.807, 2.05) is 26.0 Å². The van der Waals surface area contributed by atoms with E-state index in [1.54, 1.807) is 0 Å². The van der Waals surface area contributed by atoms with Gasteiger partial charge in [-0.3, -0.25) is 9.59 Å². The zero-order chi connectivity index (χ0) is 17.7. The topological polar surface area (TPSA) is 46.6 Å². The third kappa shape index (κ3) is 3.24.